The van der Waals surface area contributed by atoms with E-state index in [1.807, 2.05) is 6.07 Å². The van der Waals surface area contributed by atoms with E-state index in [1.165, 1.54) is 12.1 Å². The Morgan fingerprint density at radius 3 is 2.62 bits per heavy atom. The number of amides is 1. The maximum atomic E-state index is 12.8. The van der Waals surface area contributed by atoms with Crippen molar-refractivity contribution in [3.8, 4) is 5.75 Å². The molecule has 0 fully saturated rings. The standard InChI is InChI=1S/C20H20FNO4/c21-17-5-7-18(8-6-17)26-11-1-2-19(23)22-10-9-14-3-4-15(20(24)25)12-16(14)13-22/h3-8,12H,1-2,9-11,13H2,(H,24,25). The Balaban J connectivity index is 1.49. The van der Waals surface area contributed by atoms with Crippen LogP contribution in [0.15, 0.2) is 42.5 Å². The molecule has 2 aromatic rings. The van der Waals surface area contributed by atoms with Crippen LogP contribution in [0.4, 0.5) is 4.39 Å². The number of hydrogen-bond acceptors (Lipinski definition) is 3. The first-order valence-electron chi connectivity index (χ1n) is 8.54. The van der Waals surface area contributed by atoms with Crippen LogP contribution in [0.1, 0.15) is 34.3 Å². The van der Waals surface area contributed by atoms with Gasteiger partial charge in [0.05, 0.1) is 12.2 Å². The largest absolute Gasteiger partial charge is 0.494 e. The summed E-state index contributed by atoms with van der Waals surface area (Å²) < 4.78 is 18.3. The van der Waals surface area contributed by atoms with E-state index < -0.39 is 5.97 Å². The average molecular weight is 357 g/mol. The molecule has 0 radical (unpaired) electrons. The van der Waals surface area contributed by atoms with Crippen molar-refractivity contribution in [1.29, 1.82) is 0 Å². The summed E-state index contributed by atoms with van der Waals surface area (Å²) in [4.78, 5) is 25.2. The highest BCUT2D eigenvalue weighted by molar-refractivity contribution is 5.88. The zero-order valence-electron chi connectivity index (χ0n) is 14.3. The molecule has 0 bridgehead atoms. The number of carbonyl (C=O) groups is 2. The molecule has 6 heteroatoms. The first-order valence-corrected chi connectivity index (χ1v) is 8.54. The van der Waals surface area contributed by atoms with Crippen LogP contribution in [-0.4, -0.2) is 35.0 Å². The molecule has 0 saturated heterocycles. The molecule has 2 aromatic carbocycles. The van der Waals surface area contributed by atoms with Gasteiger partial charge in [0.1, 0.15) is 11.6 Å². The number of fused-ring (bicyclic) bond motifs is 1. The van der Waals surface area contributed by atoms with Crippen LogP contribution in [-0.2, 0) is 17.8 Å². The molecule has 0 aliphatic carbocycles. The van der Waals surface area contributed by atoms with Crippen LogP contribution in [0.5, 0.6) is 5.75 Å². The maximum Gasteiger partial charge on any atom is 0.335 e. The molecule has 1 heterocycles. The van der Waals surface area contributed by atoms with Gasteiger partial charge >= 0.3 is 5.97 Å². The van der Waals surface area contributed by atoms with Crippen molar-refractivity contribution in [2.45, 2.75) is 25.8 Å². The van der Waals surface area contributed by atoms with Crippen molar-refractivity contribution >= 4 is 11.9 Å². The van der Waals surface area contributed by atoms with Gasteiger partial charge in [-0.15, -0.1) is 0 Å². The number of aromatic carboxylic acids is 1. The van der Waals surface area contributed by atoms with Gasteiger partial charge in [-0.25, -0.2) is 9.18 Å². The Hall–Kier alpha value is -2.89. The molecular formula is C20H20FNO4. The number of rotatable bonds is 6. The Morgan fingerprint density at radius 2 is 1.88 bits per heavy atom. The molecule has 0 atom stereocenters. The number of carboxylic acids is 1. The van der Waals surface area contributed by atoms with Crippen molar-refractivity contribution in [3.63, 3.8) is 0 Å². The third kappa shape index (κ3) is 4.39. The third-order valence-corrected chi connectivity index (χ3v) is 4.44. The highest BCUT2D eigenvalue weighted by Crippen LogP contribution is 2.21. The van der Waals surface area contributed by atoms with E-state index in [0.29, 0.717) is 38.3 Å². The topological polar surface area (TPSA) is 66.8 Å². The maximum absolute atomic E-state index is 12.8. The second kappa shape index (κ2) is 7.99. The fraction of sp³-hybridized carbons (Fsp3) is 0.300. The fourth-order valence-corrected chi connectivity index (χ4v) is 3.01. The summed E-state index contributed by atoms with van der Waals surface area (Å²) in [5.74, 6) is -0.677. The normalized spacial score (nSPS) is 13.2. The lowest BCUT2D eigenvalue weighted by atomic mass is 9.97. The Bertz CT molecular complexity index is 804. The summed E-state index contributed by atoms with van der Waals surface area (Å²) in [6.45, 7) is 1.45. The SMILES string of the molecule is O=C(O)c1ccc2c(c1)CN(C(=O)CCCOc1ccc(F)cc1)CC2. The highest BCUT2D eigenvalue weighted by Gasteiger charge is 2.21. The van der Waals surface area contributed by atoms with Crippen molar-refractivity contribution in [2.24, 2.45) is 0 Å². The van der Waals surface area contributed by atoms with E-state index in [-0.39, 0.29) is 17.3 Å². The average Bonchev–Trinajstić information content (AvgIpc) is 2.65. The van der Waals surface area contributed by atoms with Gasteiger partial charge in [0.25, 0.3) is 0 Å². The smallest absolute Gasteiger partial charge is 0.335 e. The van der Waals surface area contributed by atoms with Gasteiger partial charge in [0.15, 0.2) is 0 Å². The summed E-state index contributed by atoms with van der Waals surface area (Å²) in [5, 5.41) is 9.10. The zero-order chi connectivity index (χ0) is 18.5. The summed E-state index contributed by atoms with van der Waals surface area (Å²) in [6, 6.07) is 10.9. The van der Waals surface area contributed by atoms with Crippen LogP contribution in [0.2, 0.25) is 0 Å². The second-order valence-corrected chi connectivity index (χ2v) is 6.26. The molecule has 0 aromatic heterocycles. The van der Waals surface area contributed by atoms with Gasteiger partial charge in [-0.1, -0.05) is 6.07 Å². The predicted octanol–water partition coefficient (Wildman–Crippen LogP) is 3.27. The summed E-state index contributed by atoms with van der Waals surface area (Å²) in [6.07, 6.45) is 1.65. The molecule has 1 aliphatic rings. The minimum atomic E-state index is -0.964. The van der Waals surface area contributed by atoms with Gasteiger partial charge in [0, 0.05) is 19.5 Å². The predicted molar refractivity (Wildman–Crippen MR) is 93.7 cm³/mol. The molecule has 0 spiro atoms. The number of carbonyl (C=O) groups excluding carboxylic acids is 1. The second-order valence-electron chi connectivity index (χ2n) is 6.26. The summed E-state index contributed by atoms with van der Waals surface area (Å²) >= 11 is 0. The van der Waals surface area contributed by atoms with Crippen molar-refractivity contribution in [3.05, 3.63) is 65.0 Å². The monoisotopic (exact) mass is 357 g/mol. The number of halogens is 1. The van der Waals surface area contributed by atoms with Gasteiger partial charge in [-0.3, -0.25) is 4.79 Å². The minimum absolute atomic E-state index is 0.0269. The van der Waals surface area contributed by atoms with Crippen LogP contribution >= 0.6 is 0 Å². The Morgan fingerprint density at radius 1 is 1.12 bits per heavy atom. The van der Waals surface area contributed by atoms with E-state index >= 15 is 0 Å². The number of carboxylic acid groups (broad SMARTS) is 1. The summed E-state index contributed by atoms with van der Waals surface area (Å²) in [7, 11) is 0. The van der Waals surface area contributed by atoms with Crippen LogP contribution in [0.3, 0.4) is 0 Å². The van der Waals surface area contributed by atoms with Crippen LogP contribution in [0, 0.1) is 5.82 Å². The number of benzene rings is 2. The molecular weight excluding hydrogens is 337 g/mol. The van der Waals surface area contributed by atoms with Gasteiger partial charge < -0.3 is 14.7 Å². The summed E-state index contributed by atoms with van der Waals surface area (Å²) in [5.41, 5.74) is 2.23. The highest BCUT2D eigenvalue weighted by atomic mass is 19.1. The lowest BCUT2D eigenvalue weighted by molar-refractivity contribution is -0.132. The molecule has 3 rings (SSSR count). The van der Waals surface area contributed by atoms with Gasteiger partial charge in [-0.05, 0) is 60.4 Å². The third-order valence-electron chi connectivity index (χ3n) is 4.44. The number of hydrogen-bond donors (Lipinski definition) is 1. The molecule has 0 saturated carbocycles. The van der Waals surface area contributed by atoms with E-state index in [9.17, 15) is 14.0 Å². The van der Waals surface area contributed by atoms with E-state index in [2.05, 4.69) is 0 Å². The number of nitrogens with zero attached hydrogens (tertiary/aromatic N) is 1. The molecule has 1 N–H and O–H groups in total. The Labute approximate surface area is 151 Å². The van der Waals surface area contributed by atoms with E-state index in [1.54, 1.807) is 29.2 Å². The van der Waals surface area contributed by atoms with Crippen molar-refractivity contribution in [1.82, 2.24) is 4.90 Å². The van der Waals surface area contributed by atoms with Crippen molar-refractivity contribution in [2.75, 3.05) is 13.2 Å². The lowest BCUT2D eigenvalue weighted by Gasteiger charge is -2.29. The van der Waals surface area contributed by atoms with E-state index in [0.717, 1.165) is 17.5 Å². The molecule has 136 valence electrons. The van der Waals surface area contributed by atoms with E-state index in [4.69, 9.17) is 9.84 Å². The van der Waals surface area contributed by atoms with Crippen LogP contribution < -0.4 is 4.74 Å². The Kier molecular flexibility index (Phi) is 5.51. The quantitative estimate of drug-likeness (QED) is 0.806. The molecule has 5 nitrogen and oxygen atoms in total. The van der Waals surface area contributed by atoms with Crippen LogP contribution in [0.25, 0.3) is 0 Å². The molecule has 1 amide bonds. The van der Waals surface area contributed by atoms with Gasteiger partial charge in [-0.2, -0.15) is 0 Å². The first kappa shape index (κ1) is 17.9. The number of ether oxygens (including phenoxy) is 1. The molecule has 26 heavy (non-hydrogen) atoms. The van der Waals surface area contributed by atoms with Crippen molar-refractivity contribution < 1.29 is 23.8 Å². The molecule has 1 aliphatic heterocycles. The fourth-order valence-electron chi connectivity index (χ4n) is 3.01. The molecule has 0 unspecified atom stereocenters. The zero-order valence-corrected chi connectivity index (χ0v) is 14.3. The lowest BCUT2D eigenvalue weighted by Crippen LogP contribution is -2.36. The minimum Gasteiger partial charge on any atom is -0.494 e. The first-order chi connectivity index (χ1) is 12.5. The van der Waals surface area contributed by atoms with Gasteiger partial charge in [0.2, 0.25) is 5.91 Å².